The van der Waals surface area contributed by atoms with Crippen LogP contribution >= 0.6 is 11.6 Å². The number of aromatic carboxylic acids is 1. The highest BCUT2D eigenvalue weighted by atomic mass is 35.5. The molecule has 76 valence electrons. The normalized spacial score (nSPS) is 9.93. The smallest absolute Gasteiger partial charge is 0.337 e. The molecule has 3 N–H and O–H groups in total. The molecule has 0 spiro atoms. The average molecular weight is 216 g/mol. The number of methoxy groups -OCH3 is 1. The number of rotatable bonds is 2. The van der Waals surface area contributed by atoms with Gasteiger partial charge in [-0.3, -0.25) is 0 Å². The lowest BCUT2D eigenvalue weighted by molar-refractivity contribution is 0.0697. The number of nitrogens with two attached hydrogens (primary N) is 1. The molecular formula is C9H10ClNO3. The van der Waals surface area contributed by atoms with Crippen molar-refractivity contribution in [3.63, 3.8) is 0 Å². The standard InChI is InChI=1S/C9H10ClNO3/c1-4-6(10)3-5(9(12)13)7(11)8(4)14-2/h3H,11H2,1-2H3,(H,12,13). The summed E-state index contributed by atoms with van der Waals surface area (Å²) in [6.45, 7) is 1.71. The highest BCUT2D eigenvalue weighted by Gasteiger charge is 2.17. The van der Waals surface area contributed by atoms with E-state index in [0.29, 0.717) is 16.3 Å². The molecule has 1 aromatic rings. The molecule has 1 aromatic carbocycles. The number of halogens is 1. The summed E-state index contributed by atoms with van der Waals surface area (Å²) in [6, 6.07) is 1.32. The Hall–Kier alpha value is -1.42. The lowest BCUT2D eigenvalue weighted by Crippen LogP contribution is -2.05. The van der Waals surface area contributed by atoms with Gasteiger partial charge in [-0.15, -0.1) is 0 Å². The third-order valence-electron chi connectivity index (χ3n) is 1.94. The first-order valence-electron chi connectivity index (χ1n) is 3.85. The third kappa shape index (κ3) is 1.61. The van der Waals surface area contributed by atoms with Crippen LogP contribution in [0.2, 0.25) is 5.02 Å². The van der Waals surface area contributed by atoms with Crippen LogP contribution in [0.1, 0.15) is 15.9 Å². The molecule has 0 atom stereocenters. The Kier molecular flexibility index (Phi) is 2.86. The number of carboxylic acids is 1. The largest absolute Gasteiger partial charge is 0.494 e. The number of nitrogen functional groups attached to an aromatic ring is 1. The van der Waals surface area contributed by atoms with Gasteiger partial charge in [0, 0.05) is 10.6 Å². The van der Waals surface area contributed by atoms with Crippen molar-refractivity contribution in [2.45, 2.75) is 6.92 Å². The lowest BCUT2D eigenvalue weighted by Gasteiger charge is -2.11. The van der Waals surface area contributed by atoms with Crippen molar-refractivity contribution in [1.82, 2.24) is 0 Å². The monoisotopic (exact) mass is 215 g/mol. The molecule has 0 heterocycles. The van der Waals surface area contributed by atoms with Crippen molar-refractivity contribution in [2.24, 2.45) is 0 Å². The van der Waals surface area contributed by atoms with E-state index in [9.17, 15) is 4.79 Å². The van der Waals surface area contributed by atoms with Gasteiger partial charge in [0.2, 0.25) is 0 Å². The zero-order chi connectivity index (χ0) is 10.9. The molecule has 14 heavy (non-hydrogen) atoms. The molecule has 0 aliphatic heterocycles. The van der Waals surface area contributed by atoms with Crippen molar-refractivity contribution in [3.8, 4) is 5.75 Å². The molecule has 0 aliphatic rings. The van der Waals surface area contributed by atoms with Crippen molar-refractivity contribution in [2.75, 3.05) is 12.8 Å². The number of hydrogen-bond donors (Lipinski definition) is 2. The molecule has 0 bridgehead atoms. The van der Waals surface area contributed by atoms with Crippen molar-refractivity contribution in [3.05, 3.63) is 22.2 Å². The second kappa shape index (κ2) is 3.75. The van der Waals surface area contributed by atoms with Crippen LogP contribution in [0.4, 0.5) is 5.69 Å². The van der Waals surface area contributed by atoms with Gasteiger partial charge in [-0.1, -0.05) is 11.6 Å². The van der Waals surface area contributed by atoms with Crippen LogP contribution in [0.15, 0.2) is 6.07 Å². The quantitative estimate of drug-likeness (QED) is 0.740. The summed E-state index contributed by atoms with van der Waals surface area (Å²) in [5, 5.41) is 9.13. The number of hydrogen-bond acceptors (Lipinski definition) is 3. The Bertz CT molecular complexity index is 390. The molecule has 0 saturated carbocycles. The first-order chi connectivity index (χ1) is 6.49. The molecule has 0 fully saturated rings. The second-order valence-electron chi connectivity index (χ2n) is 2.78. The fraction of sp³-hybridized carbons (Fsp3) is 0.222. The number of ether oxygens (including phenoxy) is 1. The number of anilines is 1. The van der Waals surface area contributed by atoms with Gasteiger partial charge in [0.1, 0.15) is 5.75 Å². The van der Waals surface area contributed by atoms with E-state index in [1.165, 1.54) is 13.2 Å². The van der Waals surface area contributed by atoms with Gasteiger partial charge in [0.25, 0.3) is 0 Å². The number of carbonyl (C=O) groups is 1. The predicted molar refractivity (Wildman–Crippen MR) is 54.1 cm³/mol. The molecule has 1 rings (SSSR count). The van der Waals surface area contributed by atoms with Gasteiger partial charge in [0.05, 0.1) is 18.4 Å². The maximum Gasteiger partial charge on any atom is 0.337 e. The molecule has 0 amide bonds. The van der Waals surface area contributed by atoms with E-state index in [0.717, 1.165) is 0 Å². The zero-order valence-corrected chi connectivity index (χ0v) is 8.55. The van der Waals surface area contributed by atoms with Crippen LogP contribution in [-0.4, -0.2) is 18.2 Å². The van der Waals surface area contributed by atoms with Crippen LogP contribution < -0.4 is 10.5 Å². The van der Waals surface area contributed by atoms with Crippen LogP contribution in [-0.2, 0) is 0 Å². The first kappa shape index (κ1) is 10.7. The number of carboxylic acid groups (broad SMARTS) is 1. The van der Waals surface area contributed by atoms with Gasteiger partial charge in [-0.2, -0.15) is 0 Å². The van der Waals surface area contributed by atoms with E-state index in [-0.39, 0.29) is 11.3 Å². The van der Waals surface area contributed by atoms with Gasteiger partial charge in [-0.05, 0) is 13.0 Å². The van der Waals surface area contributed by atoms with Crippen LogP contribution in [0.5, 0.6) is 5.75 Å². The van der Waals surface area contributed by atoms with Crippen LogP contribution in [0.25, 0.3) is 0 Å². The molecule has 4 nitrogen and oxygen atoms in total. The Morgan fingerprint density at radius 1 is 1.64 bits per heavy atom. The number of benzene rings is 1. The van der Waals surface area contributed by atoms with Gasteiger partial charge in [0.15, 0.2) is 0 Å². The average Bonchev–Trinajstić information content (AvgIpc) is 2.12. The fourth-order valence-corrected chi connectivity index (χ4v) is 1.38. The molecule has 0 aliphatic carbocycles. The minimum absolute atomic E-state index is 0.0440. The van der Waals surface area contributed by atoms with E-state index >= 15 is 0 Å². The van der Waals surface area contributed by atoms with E-state index in [1.54, 1.807) is 6.92 Å². The van der Waals surface area contributed by atoms with Gasteiger partial charge < -0.3 is 15.6 Å². The summed E-state index contributed by atoms with van der Waals surface area (Å²) in [5.41, 5.74) is 6.29. The zero-order valence-electron chi connectivity index (χ0n) is 7.80. The minimum atomic E-state index is -1.12. The highest BCUT2D eigenvalue weighted by molar-refractivity contribution is 6.32. The van der Waals surface area contributed by atoms with Crippen molar-refractivity contribution >= 4 is 23.3 Å². The molecule has 0 aromatic heterocycles. The SMILES string of the molecule is COc1c(C)c(Cl)cc(C(=O)O)c1N. The molecule has 0 unspecified atom stereocenters. The van der Waals surface area contributed by atoms with E-state index in [2.05, 4.69) is 0 Å². The summed E-state index contributed by atoms with van der Waals surface area (Å²) >= 11 is 5.81. The van der Waals surface area contributed by atoms with Crippen molar-refractivity contribution < 1.29 is 14.6 Å². The maximum atomic E-state index is 10.8. The summed E-state index contributed by atoms with van der Waals surface area (Å²) < 4.78 is 4.97. The third-order valence-corrected chi connectivity index (χ3v) is 2.33. The Balaban J connectivity index is 3.50. The first-order valence-corrected chi connectivity index (χ1v) is 4.22. The van der Waals surface area contributed by atoms with E-state index in [1.807, 2.05) is 0 Å². The Morgan fingerprint density at radius 3 is 2.64 bits per heavy atom. The summed E-state index contributed by atoms with van der Waals surface area (Å²) in [5.74, 6) is -0.808. The van der Waals surface area contributed by atoms with E-state index < -0.39 is 5.97 Å². The highest BCUT2D eigenvalue weighted by Crippen LogP contribution is 2.34. The lowest BCUT2D eigenvalue weighted by atomic mass is 10.1. The Morgan fingerprint density at radius 2 is 2.21 bits per heavy atom. The summed E-state index contributed by atoms with van der Waals surface area (Å²) in [7, 11) is 1.42. The maximum absolute atomic E-state index is 10.8. The topological polar surface area (TPSA) is 72.5 Å². The van der Waals surface area contributed by atoms with E-state index in [4.69, 9.17) is 27.2 Å². The van der Waals surface area contributed by atoms with Gasteiger partial charge >= 0.3 is 5.97 Å². The molecule has 0 radical (unpaired) electrons. The molecule has 5 heteroatoms. The predicted octanol–water partition coefficient (Wildman–Crippen LogP) is 1.94. The fourth-order valence-electron chi connectivity index (χ4n) is 1.19. The van der Waals surface area contributed by atoms with Crippen LogP contribution in [0.3, 0.4) is 0 Å². The van der Waals surface area contributed by atoms with Gasteiger partial charge in [-0.25, -0.2) is 4.79 Å². The molecule has 0 saturated heterocycles. The Labute approximate surface area is 86.2 Å². The van der Waals surface area contributed by atoms with Crippen molar-refractivity contribution in [1.29, 1.82) is 0 Å². The molecular weight excluding hydrogens is 206 g/mol. The van der Waals surface area contributed by atoms with Crippen LogP contribution in [0, 0.1) is 6.92 Å². The summed E-state index contributed by atoms with van der Waals surface area (Å²) in [6.07, 6.45) is 0. The summed E-state index contributed by atoms with van der Waals surface area (Å²) in [4.78, 5) is 10.8. The second-order valence-corrected chi connectivity index (χ2v) is 3.19. The minimum Gasteiger partial charge on any atom is -0.494 e.